The van der Waals surface area contributed by atoms with E-state index in [-0.39, 0.29) is 43.8 Å². The molecule has 0 saturated carbocycles. The summed E-state index contributed by atoms with van der Waals surface area (Å²) in [4.78, 5) is 45.6. The van der Waals surface area contributed by atoms with Crippen molar-refractivity contribution in [1.82, 2.24) is 20.2 Å². The first kappa shape index (κ1) is 31.9. The number of nitrogens with one attached hydrogen (secondary N) is 1. The molecule has 0 spiro atoms. The van der Waals surface area contributed by atoms with Crippen LogP contribution in [0.2, 0.25) is 0 Å². The van der Waals surface area contributed by atoms with Gasteiger partial charge < -0.3 is 20.7 Å². The Morgan fingerprint density at radius 3 is 2.56 bits per heavy atom. The van der Waals surface area contributed by atoms with Crippen LogP contribution in [0.15, 0.2) is 47.7 Å². The van der Waals surface area contributed by atoms with Gasteiger partial charge in [0.1, 0.15) is 29.6 Å². The van der Waals surface area contributed by atoms with Crippen LogP contribution in [-0.2, 0) is 32.1 Å². The van der Waals surface area contributed by atoms with Gasteiger partial charge in [-0.25, -0.2) is 13.8 Å². The van der Waals surface area contributed by atoms with Gasteiger partial charge in [-0.05, 0) is 32.0 Å². The number of nitrogens with two attached hydrogens (primary N) is 1. The highest BCUT2D eigenvalue weighted by atomic mass is 19.4. The Morgan fingerprint density at radius 1 is 1.19 bits per heavy atom. The minimum absolute atomic E-state index is 0.00697. The van der Waals surface area contributed by atoms with Crippen LogP contribution in [0.4, 0.5) is 22.0 Å². The maximum Gasteiger partial charge on any atom is 0.408 e. The Hall–Kier alpha value is -3.98. The lowest BCUT2D eigenvalue weighted by molar-refractivity contribution is -0.164. The zero-order chi connectivity index (χ0) is 31.6. The van der Waals surface area contributed by atoms with Crippen molar-refractivity contribution in [2.45, 2.75) is 51.1 Å². The largest absolute Gasteiger partial charge is 0.408 e. The number of rotatable bonds is 10. The van der Waals surface area contributed by atoms with Crippen molar-refractivity contribution in [2.75, 3.05) is 26.2 Å². The summed E-state index contributed by atoms with van der Waals surface area (Å²) in [7, 11) is 0. The van der Waals surface area contributed by atoms with E-state index in [1.54, 1.807) is 18.2 Å². The zero-order valence-corrected chi connectivity index (χ0v) is 23.5. The van der Waals surface area contributed by atoms with Crippen LogP contribution in [0.1, 0.15) is 31.5 Å². The number of likely N-dealkylation sites (tertiary alicyclic amines) is 1. The number of hydrogen-bond donors (Lipinski definition) is 2. The topological polar surface area (TPSA) is 130 Å². The fourth-order valence-electron chi connectivity index (χ4n) is 4.93. The van der Waals surface area contributed by atoms with E-state index in [4.69, 9.17) is 10.5 Å². The van der Waals surface area contributed by atoms with Crippen molar-refractivity contribution < 1.29 is 41.1 Å². The number of nitrogens with zero attached hydrogens (tertiary/aromatic N) is 4. The number of ether oxygens (including phenoxy) is 1. The van der Waals surface area contributed by atoms with Crippen LogP contribution in [-0.4, -0.2) is 82.3 Å². The first-order valence-electron chi connectivity index (χ1n) is 13.4. The van der Waals surface area contributed by atoms with Crippen molar-refractivity contribution >= 4 is 23.4 Å². The van der Waals surface area contributed by atoms with Crippen molar-refractivity contribution in [2.24, 2.45) is 16.3 Å². The number of carbonyl (C=O) groups excluding carboxylic acids is 3. The molecule has 1 aromatic heterocycles. The smallest absolute Gasteiger partial charge is 0.374 e. The maximum absolute atomic E-state index is 14.1. The van der Waals surface area contributed by atoms with Crippen LogP contribution in [0.3, 0.4) is 0 Å². The molecule has 3 heterocycles. The van der Waals surface area contributed by atoms with Gasteiger partial charge >= 0.3 is 6.18 Å². The Bertz CT molecular complexity index is 1400. The Balaban J connectivity index is 1.59. The first-order valence-corrected chi connectivity index (χ1v) is 13.4. The highest BCUT2D eigenvalue weighted by molar-refractivity contribution is 6.13. The van der Waals surface area contributed by atoms with Crippen molar-refractivity contribution in [1.29, 1.82) is 0 Å². The van der Waals surface area contributed by atoms with Gasteiger partial charge in [0.05, 0.1) is 24.5 Å². The van der Waals surface area contributed by atoms with Gasteiger partial charge in [-0.2, -0.15) is 18.3 Å². The molecule has 232 valence electrons. The molecule has 1 fully saturated rings. The van der Waals surface area contributed by atoms with Gasteiger partial charge in [-0.15, -0.1) is 0 Å². The van der Waals surface area contributed by atoms with Gasteiger partial charge in [-0.3, -0.25) is 19.4 Å². The molecule has 10 nitrogen and oxygen atoms in total. The molecule has 0 radical (unpaired) electrons. The summed E-state index contributed by atoms with van der Waals surface area (Å²) < 4.78 is 72.7. The van der Waals surface area contributed by atoms with E-state index in [1.165, 1.54) is 31.0 Å². The summed E-state index contributed by atoms with van der Waals surface area (Å²) in [6, 6.07) is 6.45. The van der Waals surface area contributed by atoms with Gasteiger partial charge in [-0.1, -0.05) is 12.1 Å². The van der Waals surface area contributed by atoms with Crippen LogP contribution >= 0.6 is 0 Å². The molecule has 15 heteroatoms. The summed E-state index contributed by atoms with van der Waals surface area (Å²) in [6.07, 6.45) is -3.36. The summed E-state index contributed by atoms with van der Waals surface area (Å²) in [5.74, 6) is -3.97. The first-order chi connectivity index (χ1) is 20.1. The molecule has 1 saturated heterocycles. The quantitative estimate of drug-likeness (QED) is 0.398. The lowest BCUT2D eigenvalue weighted by Crippen LogP contribution is -2.62. The molecule has 3 N–H and O–H groups in total. The molecule has 0 bridgehead atoms. The summed E-state index contributed by atoms with van der Waals surface area (Å²) >= 11 is 0. The molecular formula is C28H31F5N6O4. The predicted octanol–water partition coefficient (Wildman–Crippen LogP) is 2.32. The minimum atomic E-state index is -4.71. The predicted molar refractivity (Wildman–Crippen MR) is 143 cm³/mol. The second-order valence-corrected chi connectivity index (χ2v) is 11.1. The maximum atomic E-state index is 14.1. The minimum Gasteiger partial charge on any atom is -0.374 e. The SMILES string of the molecule is CC(C)(N)C(=O)NC(COCc1ccc(F)cc1F)C(=O)N1CCC2=NN(CC(F)(F)F)C(=O)[C@]2(Cc2ccccn2)C1. The molecule has 3 amide bonds. The van der Waals surface area contributed by atoms with E-state index >= 15 is 0 Å². The molecule has 0 aliphatic carbocycles. The number of piperidine rings is 1. The molecule has 1 aromatic carbocycles. The number of hydrogen-bond acceptors (Lipinski definition) is 7. The number of aromatic nitrogens is 1. The number of halogens is 5. The lowest BCUT2D eigenvalue weighted by Gasteiger charge is -2.40. The number of amides is 3. The van der Waals surface area contributed by atoms with Crippen LogP contribution in [0.25, 0.3) is 0 Å². The third-order valence-electron chi connectivity index (χ3n) is 7.11. The molecule has 2 aromatic rings. The molecule has 2 atom stereocenters. The fraction of sp³-hybridized carbons (Fsp3) is 0.464. The summed E-state index contributed by atoms with van der Waals surface area (Å²) in [6.45, 7) is 0.0803. The van der Waals surface area contributed by atoms with Crippen LogP contribution < -0.4 is 11.1 Å². The summed E-state index contributed by atoms with van der Waals surface area (Å²) in [5, 5.41) is 6.90. The molecule has 4 rings (SSSR count). The van der Waals surface area contributed by atoms with Crippen molar-refractivity contribution in [3.05, 3.63) is 65.5 Å². The highest BCUT2D eigenvalue weighted by Crippen LogP contribution is 2.39. The molecule has 43 heavy (non-hydrogen) atoms. The molecule has 2 aliphatic rings. The van der Waals surface area contributed by atoms with E-state index in [0.29, 0.717) is 16.8 Å². The second-order valence-electron chi connectivity index (χ2n) is 11.1. The number of hydrazone groups is 1. The number of carbonyl (C=O) groups is 3. The molecular weight excluding hydrogens is 579 g/mol. The van der Waals surface area contributed by atoms with Crippen LogP contribution in [0, 0.1) is 17.0 Å². The number of alkyl halides is 3. The monoisotopic (exact) mass is 610 g/mol. The number of benzene rings is 1. The zero-order valence-electron chi connectivity index (χ0n) is 23.5. The summed E-state index contributed by atoms with van der Waals surface area (Å²) in [5.41, 5.74) is 3.49. The van der Waals surface area contributed by atoms with Gasteiger partial charge in [0.25, 0.3) is 5.91 Å². The third-order valence-corrected chi connectivity index (χ3v) is 7.11. The second kappa shape index (κ2) is 12.3. The van der Waals surface area contributed by atoms with E-state index in [0.717, 1.165) is 6.07 Å². The standard InChI is InChI=1S/C28H31F5N6O4/c1-26(2,34)24(41)36-21(14-43-13-17-6-7-18(29)11-20(17)30)23(40)38-10-8-22-27(15-38,12-19-5-3-4-9-35-19)25(42)39(37-22)16-28(31,32)33/h3-7,9,11,21H,8,10,12-16,34H2,1-2H3,(H,36,41)/t21?,27-/m1/s1. The Labute approximate surface area is 244 Å². The fourth-order valence-corrected chi connectivity index (χ4v) is 4.93. The van der Waals surface area contributed by atoms with Crippen molar-refractivity contribution in [3.63, 3.8) is 0 Å². The van der Waals surface area contributed by atoms with Gasteiger partial charge in [0.15, 0.2) is 0 Å². The number of fused-ring (bicyclic) bond motifs is 1. The van der Waals surface area contributed by atoms with Crippen molar-refractivity contribution in [3.8, 4) is 0 Å². The lowest BCUT2D eigenvalue weighted by atomic mass is 9.74. The van der Waals surface area contributed by atoms with Gasteiger partial charge in [0.2, 0.25) is 11.8 Å². The Kier molecular flexibility index (Phi) is 9.16. The molecule has 1 unspecified atom stereocenters. The van der Waals surface area contributed by atoms with E-state index in [9.17, 15) is 36.3 Å². The normalized spacial score (nSPS) is 19.6. The van der Waals surface area contributed by atoms with Crippen LogP contribution in [0.5, 0.6) is 0 Å². The average Bonchev–Trinajstić information content (AvgIpc) is 3.17. The number of pyridine rings is 1. The molecule has 2 aliphatic heterocycles. The average molecular weight is 611 g/mol. The highest BCUT2D eigenvalue weighted by Gasteiger charge is 2.56. The van der Waals surface area contributed by atoms with Gasteiger partial charge in [0, 0.05) is 49.5 Å². The Morgan fingerprint density at radius 2 is 1.93 bits per heavy atom. The van der Waals surface area contributed by atoms with E-state index in [1.807, 2.05) is 0 Å². The third kappa shape index (κ3) is 7.51. The van der Waals surface area contributed by atoms with E-state index in [2.05, 4.69) is 15.4 Å². The van der Waals surface area contributed by atoms with E-state index < -0.39 is 65.7 Å².